The van der Waals surface area contributed by atoms with Crippen molar-refractivity contribution in [3.8, 4) is 5.75 Å². The number of nitrogens with one attached hydrogen (secondary N) is 1. The van der Waals surface area contributed by atoms with Gasteiger partial charge in [0.2, 0.25) is 10.0 Å². The number of hydrogen-bond donors (Lipinski definition) is 1. The van der Waals surface area contributed by atoms with Crippen LogP contribution in [0.3, 0.4) is 0 Å². The molecule has 2 aromatic rings. The SMILES string of the molecule is COC(=O)c1ccc(C=NNC(=O)CN(C)S(=O)(=O)c2ccc(OC)c(Cl)c2)cc1. The fraction of sp³-hybridized carbons (Fsp3) is 0.211. The predicted octanol–water partition coefficient (Wildman–Crippen LogP) is 1.91. The highest BCUT2D eigenvalue weighted by Gasteiger charge is 2.23. The van der Waals surface area contributed by atoms with Gasteiger partial charge in [0.1, 0.15) is 5.75 Å². The summed E-state index contributed by atoms with van der Waals surface area (Å²) in [4.78, 5) is 23.3. The number of hydrazone groups is 1. The standard InChI is InChI=1S/C19H20ClN3O6S/c1-23(30(26,27)15-8-9-17(28-2)16(20)10-15)12-18(24)22-21-11-13-4-6-14(7-5-13)19(25)29-3/h4-11H,12H2,1-3H3,(H,22,24). The molecular formula is C19H20ClN3O6S. The minimum atomic E-state index is -3.94. The van der Waals surface area contributed by atoms with Crippen LogP contribution >= 0.6 is 11.6 Å². The predicted molar refractivity (Wildman–Crippen MR) is 111 cm³/mol. The highest BCUT2D eigenvalue weighted by Crippen LogP contribution is 2.27. The van der Waals surface area contributed by atoms with Gasteiger partial charge < -0.3 is 9.47 Å². The van der Waals surface area contributed by atoms with E-state index in [0.717, 1.165) is 4.31 Å². The Kier molecular flexibility index (Phi) is 7.93. The average Bonchev–Trinajstić information content (AvgIpc) is 2.73. The van der Waals surface area contributed by atoms with Gasteiger partial charge in [0.25, 0.3) is 5.91 Å². The molecule has 0 heterocycles. The monoisotopic (exact) mass is 453 g/mol. The number of carbonyl (C=O) groups is 2. The molecule has 2 rings (SSSR count). The zero-order valence-corrected chi connectivity index (χ0v) is 18.0. The normalized spacial score (nSPS) is 11.5. The van der Waals surface area contributed by atoms with Crippen molar-refractivity contribution in [2.45, 2.75) is 4.90 Å². The van der Waals surface area contributed by atoms with E-state index in [1.165, 1.54) is 45.7 Å². The molecule has 160 valence electrons. The summed E-state index contributed by atoms with van der Waals surface area (Å²) in [6.45, 7) is -0.454. The number of esters is 1. The molecule has 0 aromatic heterocycles. The first kappa shape index (κ1) is 23.3. The molecule has 2 aromatic carbocycles. The summed E-state index contributed by atoms with van der Waals surface area (Å²) in [6.07, 6.45) is 1.36. The van der Waals surface area contributed by atoms with E-state index in [1.807, 2.05) is 0 Å². The molecule has 30 heavy (non-hydrogen) atoms. The molecule has 0 unspecified atom stereocenters. The second-order valence-corrected chi connectivity index (χ2v) is 8.42. The maximum absolute atomic E-state index is 12.6. The third-order valence-electron chi connectivity index (χ3n) is 3.93. The van der Waals surface area contributed by atoms with Gasteiger partial charge in [-0.3, -0.25) is 4.79 Å². The lowest BCUT2D eigenvalue weighted by atomic mass is 10.1. The zero-order valence-electron chi connectivity index (χ0n) is 16.5. The van der Waals surface area contributed by atoms with Gasteiger partial charge in [-0.25, -0.2) is 18.6 Å². The van der Waals surface area contributed by atoms with Crippen molar-refractivity contribution in [3.63, 3.8) is 0 Å². The quantitative estimate of drug-likeness (QED) is 0.371. The fourth-order valence-corrected chi connectivity index (χ4v) is 3.79. The van der Waals surface area contributed by atoms with Gasteiger partial charge in [-0.05, 0) is 35.9 Å². The highest BCUT2D eigenvalue weighted by molar-refractivity contribution is 7.89. The summed E-state index contributed by atoms with van der Waals surface area (Å²) in [5.74, 6) is -0.762. The topological polar surface area (TPSA) is 114 Å². The Hall–Kier alpha value is -2.95. The summed E-state index contributed by atoms with van der Waals surface area (Å²) >= 11 is 5.98. The average molecular weight is 454 g/mol. The third-order valence-corrected chi connectivity index (χ3v) is 6.03. The molecule has 0 bridgehead atoms. The molecule has 0 saturated heterocycles. The number of ether oxygens (including phenoxy) is 2. The van der Waals surface area contributed by atoms with Crippen LogP contribution in [0.15, 0.2) is 52.5 Å². The molecule has 1 amide bonds. The molecule has 1 N–H and O–H groups in total. The number of hydrogen-bond acceptors (Lipinski definition) is 7. The van der Waals surface area contributed by atoms with Crippen molar-refractivity contribution in [2.75, 3.05) is 27.8 Å². The first-order valence-corrected chi connectivity index (χ1v) is 10.3. The maximum atomic E-state index is 12.6. The Morgan fingerprint density at radius 2 is 1.83 bits per heavy atom. The van der Waals surface area contributed by atoms with E-state index >= 15 is 0 Å². The Morgan fingerprint density at radius 1 is 1.17 bits per heavy atom. The van der Waals surface area contributed by atoms with Crippen LogP contribution in [-0.4, -0.2) is 58.6 Å². The van der Waals surface area contributed by atoms with E-state index < -0.39 is 28.4 Å². The summed E-state index contributed by atoms with van der Waals surface area (Å²) in [6, 6.07) is 10.4. The molecule has 0 saturated carbocycles. The second-order valence-electron chi connectivity index (χ2n) is 5.96. The van der Waals surface area contributed by atoms with Crippen LogP contribution in [0.2, 0.25) is 5.02 Å². The van der Waals surface area contributed by atoms with E-state index in [9.17, 15) is 18.0 Å². The van der Waals surface area contributed by atoms with Crippen molar-refractivity contribution in [2.24, 2.45) is 5.10 Å². The number of amides is 1. The van der Waals surface area contributed by atoms with E-state index in [4.69, 9.17) is 16.3 Å². The number of rotatable bonds is 8. The molecule has 0 aliphatic carbocycles. The third kappa shape index (κ3) is 5.78. The molecule has 0 aliphatic rings. The largest absolute Gasteiger partial charge is 0.495 e. The van der Waals surface area contributed by atoms with E-state index in [1.54, 1.807) is 24.3 Å². The van der Waals surface area contributed by atoms with Crippen molar-refractivity contribution >= 4 is 39.7 Å². The van der Waals surface area contributed by atoms with E-state index in [2.05, 4.69) is 15.3 Å². The summed E-state index contributed by atoms with van der Waals surface area (Å²) in [7, 11) is 0.0307. The lowest BCUT2D eigenvalue weighted by Crippen LogP contribution is -2.36. The number of likely N-dealkylation sites (N-methyl/N-ethyl adjacent to an activating group) is 1. The molecule has 0 aliphatic heterocycles. The number of carbonyl (C=O) groups excluding carboxylic acids is 2. The van der Waals surface area contributed by atoms with Crippen LogP contribution in [0.4, 0.5) is 0 Å². The van der Waals surface area contributed by atoms with Crippen LogP contribution in [0.1, 0.15) is 15.9 Å². The molecule has 0 spiro atoms. The van der Waals surface area contributed by atoms with Crippen molar-refractivity contribution in [1.29, 1.82) is 0 Å². The lowest BCUT2D eigenvalue weighted by Gasteiger charge is -2.16. The zero-order chi connectivity index (χ0) is 22.3. The van der Waals surface area contributed by atoms with Crippen LogP contribution in [-0.2, 0) is 19.6 Å². The first-order valence-electron chi connectivity index (χ1n) is 8.49. The fourth-order valence-electron chi connectivity index (χ4n) is 2.31. The van der Waals surface area contributed by atoms with Crippen LogP contribution < -0.4 is 10.2 Å². The lowest BCUT2D eigenvalue weighted by molar-refractivity contribution is -0.121. The minimum Gasteiger partial charge on any atom is -0.495 e. The number of halogens is 1. The first-order chi connectivity index (χ1) is 14.2. The van der Waals surface area contributed by atoms with Crippen LogP contribution in [0, 0.1) is 0 Å². The van der Waals surface area contributed by atoms with Crippen molar-refractivity contribution in [1.82, 2.24) is 9.73 Å². The van der Waals surface area contributed by atoms with Gasteiger partial charge in [0.15, 0.2) is 0 Å². The highest BCUT2D eigenvalue weighted by atomic mass is 35.5. The Bertz CT molecular complexity index is 1050. The second kappa shape index (κ2) is 10.2. The minimum absolute atomic E-state index is 0.0715. The number of nitrogens with zero attached hydrogens (tertiary/aromatic N) is 2. The molecular weight excluding hydrogens is 434 g/mol. The van der Waals surface area contributed by atoms with Gasteiger partial charge in [-0.1, -0.05) is 23.7 Å². The van der Waals surface area contributed by atoms with Crippen molar-refractivity contribution < 1.29 is 27.5 Å². The van der Waals surface area contributed by atoms with Gasteiger partial charge in [-0.15, -0.1) is 0 Å². The number of methoxy groups -OCH3 is 2. The molecule has 0 atom stereocenters. The van der Waals surface area contributed by atoms with Crippen LogP contribution in [0.5, 0.6) is 5.75 Å². The number of benzene rings is 2. The summed E-state index contributed by atoms with van der Waals surface area (Å²) < 4.78 is 35.7. The van der Waals surface area contributed by atoms with E-state index in [0.29, 0.717) is 16.9 Å². The molecule has 11 heteroatoms. The molecule has 0 fully saturated rings. The summed E-state index contributed by atoms with van der Waals surface area (Å²) in [5.41, 5.74) is 3.25. The van der Waals surface area contributed by atoms with Gasteiger partial charge in [-0.2, -0.15) is 9.41 Å². The van der Waals surface area contributed by atoms with Gasteiger partial charge >= 0.3 is 5.97 Å². The molecule has 9 nitrogen and oxygen atoms in total. The molecule has 0 radical (unpaired) electrons. The maximum Gasteiger partial charge on any atom is 0.337 e. The van der Waals surface area contributed by atoms with Crippen molar-refractivity contribution in [3.05, 3.63) is 58.6 Å². The number of sulfonamides is 1. The van der Waals surface area contributed by atoms with Gasteiger partial charge in [0.05, 0.1) is 42.5 Å². The Balaban J connectivity index is 1.97. The Morgan fingerprint density at radius 3 is 2.40 bits per heavy atom. The Labute approximate surface area is 179 Å². The summed E-state index contributed by atoms with van der Waals surface area (Å²) in [5, 5.41) is 3.92. The smallest absolute Gasteiger partial charge is 0.337 e. The van der Waals surface area contributed by atoms with E-state index in [-0.39, 0.29) is 9.92 Å². The van der Waals surface area contributed by atoms with Crippen LogP contribution in [0.25, 0.3) is 0 Å². The van der Waals surface area contributed by atoms with Gasteiger partial charge in [0, 0.05) is 7.05 Å².